The Balaban J connectivity index is 2.37. The van der Waals surface area contributed by atoms with Gasteiger partial charge in [-0.3, -0.25) is 0 Å². The number of nitrogens with zero attached hydrogens (tertiary/aromatic N) is 1. The zero-order valence-electron chi connectivity index (χ0n) is 11.2. The Kier molecular flexibility index (Phi) is 4.96. The molecule has 1 unspecified atom stereocenters. The Labute approximate surface area is 125 Å². The first-order chi connectivity index (χ1) is 9.47. The normalized spacial score (nSPS) is 20.2. The van der Waals surface area contributed by atoms with Gasteiger partial charge in [-0.1, -0.05) is 28.9 Å². The highest BCUT2D eigenvalue weighted by Crippen LogP contribution is 2.36. The number of hydrogen-bond acceptors (Lipinski definition) is 2. The van der Waals surface area contributed by atoms with E-state index in [0.717, 1.165) is 6.42 Å². The van der Waals surface area contributed by atoms with E-state index in [-0.39, 0.29) is 16.9 Å². The molecule has 0 amide bonds. The third-order valence-electron chi connectivity index (χ3n) is 3.57. The molecule has 1 saturated heterocycles. The Bertz CT molecular complexity index is 464. The molecule has 20 heavy (non-hydrogen) atoms. The van der Waals surface area contributed by atoms with Gasteiger partial charge in [-0.25, -0.2) is 0 Å². The van der Waals surface area contributed by atoms with E-state index in [0.29, 0.717) is 25.4 Å². The van der Waals surface area contributed by atoms with Crippen molar-refractivity contribution in [3.63, 3.8) is 0 Å². The van der Waals surface area contributed by atoms with Crippen LogP contribution in [0.5, 0.6) is 0 Å². The number of anilines is 1. The van der Waals surface area contributed by atoms with Crippen molar-refractivity contribution < 1.29 is 17.9 Å². The van der Waals surface area contributed by atoms with E-state index < -0.39 is 11.7 Å². The number of benzene rings is 1. The summed E-state index contributed by atoms with van der Waals surface area (Å²) in [5, 5.41) is 0.197. The minimum absolute atomic E-state index is 0.139. The molecule has 1 aromatic carbocycles. The summed E-state index contributed by atoms with van der Waals surface area (Å²) in [4.78, 5) is 2.01. The maximum Gasteiger partial charge on any atom is 0.416 e. The van der Waals surface area contributed by atoms with Crippen LogP contribution in [-0.4, -0.2) is 25.8 Å². The Hall–Kier alpha value is -0.750. The number of hydrogen-bond donors (Lipinski definition) is 0. The highest BCUT2D eigenvalue weighted by atomic mass is 79.9. The van der Waals surface area contributed by atoms with Gasteiger partial charge >= 0.3 is 6.18 Å². The van der Waals surface area contributed by atoms with E-state index in [2.05, 4.69) is 15.9 Å². The summed E-state index contributed by atoms with van der Waals surface area (Å²) in [6, 6.07) is 4.71. The highest BCUT2D eigenvalue weighted by Gasteiger charge is 2.34. The third kappa shape index (κ3) is 3.28. The van der Waals surface area contributed by atoms with Gasteiger partial charge in [0, 0.05) is 17.6 Å². The molecule has 2 nitrogen and oxygen atoms in total. The fraction of sp³-hybridized carbons (Fsp3) is 0.571. The minimum Gasteiger partial charge on any atom is -0.377 e. The second-order valence-corrected chi connectivity index (χ2v) is 5.36. The number of alkyl halides is 4. The Morgan fingerprint density at radius 2 is 2.15 bits per heavy atom. The van der Waals surface area contributed by atoms with Gasteiger partial charge < -0.3 is 9.64 Å². The molecule has 2 rings (SSSR count). The molecule has 0 aromatic heterocycles. The largest absolute Gasteiger partial charge is 0.416 e. The molecule has 0 bridgehead atoms. The van der Waals surface area contributed by atoms with Gasteiger partial charge in [0.25, 0.3) is 0 Å². The molecule has 1 atom stereocenters. The summed E-state index contributed by atoms with van der Waals surface area (Å²) >= 11 is 3.11. The SMILES string of the molecule is CCC1COCCN1c1ccc(CBr)c(C(F)(F)F)c1. The monoisotopic (exact) mass is 351 g/mol. The summed E-state index contributed by atoms with van der Waals surface area (Å²) in [6.07, 6.45) is -3.48. The Morgan fingerprint density at radius 1 is 1.40 bits per heavy atom. The summed E-state index contributed by atoms with van der Waals surface area (Å²) in [5.74, 6) is 0. The van der Waals surface area contributed by atoms with Gasteiger partial charge in [0.15, 0.2) is 0 Å². The van der Waals surface area contributed by atoms with Gasteiger partial charge in [-0.05, 0) is 24.1 Å². The van der Waals surface area contributed by atoms with Crippen molar-refractivity contribution in [3.8, 4) is 0 Å². The van der Waals surface area contributed by atoms with Gasteiger partial charge in [-0.2, -0.15) is 13.2 Å². The lowest BCUT2D eigenvalue weighted by Gasteiger charge is -2.37. The van der Waals surface area contributed by atoms with Crippen LogP contribution in [0.1, 0.15) is 24.5 Å². The topological polar surface area (TPSA) is 12.5 Å². The molecule has 112 valence electrons. The lowest BCUT2D eigenvalue weighted by atomic mass is 10.0. The summed E-state index contributed by atoms with van der Waals surface area (Å²) in [6.45, 7) is 3.77. The first-order valence-corrected chi connectivity index (χ1v) is 7.70. The molecule has 1 aliphatic rings. The Morgan fingerprint density at radius 3 is 2.75 bits per heavy atom. The van der Waals surface area contributed by atoms with Gasteiger partial charge in [0.1, 0.15) is 0 Å². The molecule has 0 saturated carbocycles. The maximum atomic E-state index is 13.1. The fourth-order valence-electron chi connectivity index (χ4n) is 2.46. The van der Waals surface area contributed by atoms with Gasteiger partial charge in [0.2, 0.25) is 0 Å². The molecule has 0 radical (unpaired) electrons. The summed E-state index contributed by atoms with van der Waals surface area (Å²) < 4.78 is 44.7. The van der Waals surface area contributed by atoms with Crippen molar-refractivity contribution >= 4 is 21.6 Å². The lowest BCUT2D eigenvalue weighted by Crippen LogP contribution is -2.45. The number of halogens is 4. The van der Waals surface area contributed by atoms with Gasteiger partial charge in [-0.15, -0.1) is 0 Å². The van der Waals surface area contributed by atoms with Crippen LogP contribution in [-0.2, 0) is 16.2 Å². The highest BCUT2D eigenvalue weighted by molar-refractivity contribution is 9.08. The van der Waals surface area contributed by atoms with Crippen LogP contribution in [0.2, 0.25) is 0 Å². The van der Waals surface area contributed by atoms with Crippen LogP contribution in [0.15, 0.2) is 18.2 Å². The fourth-order valence-corrected chi connectivity index (χ4v) is 2.95. The first-order valence-electron chi connectivity index (χ1n) is 6.57. The van der Waals surface area contributed by atoms with Crippen LogP contribution in [0.4, 0.5) is 18.9 Å². The van der Waals surface area contributed by atoms with E-state index in [1.807, 2.05) is 11.8 Å². The van der Waals surface area contributed by atoms with Crippen LogP contribution >= 0.6 is 15.9 Å². The molecule has 1 heterocycles. The number of rotatable bonds is 3. The second kappa shape index (κ2) is 6.35. The maximum absolute atomic E-state index is 13.1. The summed E-state index contributed by atoms with van der Waals surface area (Å²) in [5.41, 5.74) is 0.327. The van der Waals surface area contributed by atoms with Crippen LogP contribution in [0.25, 0.3) is 0 Å². The molecule has 1 aromatic rings. The molecule has 1 aliphatic heterocycles. The number of morpholine rings is 1. The molecular formula is C14H17BrF3NO. The van der Waals surface area contributed by atoms with Crippen molar-refractivity contribution in [1.82, 2.24) is 0 Å². The molecule has 6 heteroatoms. The second-order valence-electron chi connectivity index (χ2n) is 4.80. The average molecular weight is 352 g/mol. The molecule has 1 fully saturated rings. The van der Waals surface area contributed by atoms with E-state index >= 15 is 0 Å². The minimum atomic E-state index is -4.33. The lowest BCUT2D eigenvalue weighted by molar-refractivity contribution is -0.138. The van der Waals surface area contributed by atoms with E-state index in [1.54, 1.807) is 12.1 Å². The average Bonchev–Trinajstić information content (AvgIpc) is 2.45. The molecule has 0 aliphatic carbocycles. The zero-order chi connectivity index (χ0) is 14.8. The predicted molar refractivity (Wildman–Crippen MR) is 76.3 cm³/mol. The van der Waals surface area contributed by atoms with Crippen LogP contribution in [0, 0.1) is 0 Å². The van der Waals surface area contributed by atoms with Gasteiger partial charge in [0.05, 0.1) is 24.8 Å². The summed E-state index contributed by atoms with van der Waals surface area (Å²) in [7, 11) is 0. The smallest absolute Gasteiger partial charge is 0.377 e. The van der Waals surface area contributed by atoms with E-state index in [4.69, 9.17) is 4.74 Å². The van der Waals surface area contributed by atoms with Crippen molar-refractivity contribution in [2.75, 3.05) is 24.7 Å². The van der Waals surface area contributed by atoms with E-state index in [1.165, 1.54) is 6.07 Å². The van der Waals surface area contributed by atoms with Crippen molar-refractivity contribution in [3.05, 3.63) is 29.3 Å². The van der Waals surface area contributed by atoms with E-state index in [9.17, 15) is 13.2 Å². The van der Waals surface area contributed by atoms with Crippen molar-refractivity contribution in [1.29, 1.82) is 0 Å². The van der Waals surface area contributed by atoms with Crippen LogP contribution in [0.3, 0.4) is 0 Å². The zero-order valence-corrected chi connectivity index (χ0v) is 12.8. The standard InChI is InChI=1S/C14H17BrF3NO/c1-2-11-9-20-6-5-19(11)12-4-3-10(8-15)13(7-12)14(16,17)18/h3-4,7,11H,2,5-6,8-9H2,1H3. The molecule has 0 N–H and O–H groups in total. The number of ether oxygens (including phenoxy) is 1. The quantitative estimate of drug-likeness (QED) is 0.756. The van der Waals surface area contributed by atoms with Crippen LogP contribution < -0.4 is 4.90 Å². The molecular weight excluding hydrogens is 335 g/mol. The predicted octanol–water partition coefficient (Wildman–Crippen LogP) is 4.22. The molecule has 0 spiro atoms. The third-order valence-corrected chi connectivity index (χ3v) is 4.18. The first kappa shape index (κ1) is 15.6. The van der Waals surface area contributed by atoms with Crippen molar-refractivity contribution in [2.24, 2.45) is 0 Å². The van der Waals surface area contributed by atoms with Crippen molar-refractivity contribution in [2.45, 2.75) is 30.9 Å².